The third-order valence-electron chi connectivity index (χ3n) is 11.4. The molecule has 4 saturated carbocycles. The summed E-state index contributed by atoms with van der Waals surface area (Å²) < 4.78 is 10.5. The fraction of sp³-hybridized carbons (Fsp3) is 0.926. The van der Waals surface area contributed by atoms with Gasteiger partial charge in [-0.05, 0) is 86.9 Å². The van der Waals surface area contributed by atoms with E-state index >= 15 is 0 Å². The molecular formula is C27H42O10. The second-order valence-electron chi connectivity index (χ2n) is 12.9. The SMILES string of the molecule is CC12CCC(O)CC1CCC1C2CCC2(C)C1CCC2(O)C(=O)COC1OC(C(=O)O)C(O)C(O)C1O. The van der Waals surface area contributed by atoms with Crippen molar-refractivity contribution in [1.82, 2.24) is 0 Å². The highest BCUT2D eigenvalue weighted by molar-refractivity contribution is 5.89. The molecule has 1 saturated heterocycles. The van der Waals surface area contributed by atoms with Crippen LogP contribution in [-0.4, -0.2) is 91.4 Å². The van der Waals surface area contributed by atoms with Gasteiger partial charge in [-0.15, -0.1) is 0 Å². The maximum atomic E-state index is 13.5. The van der Waals surface area contributed by atoms with Crippen LogP contribution in [0.5, 0.6) is 0 Å². The number of carboxylic acid groups (broad SMARTS) is 1. The standard InChI is InChI=1S/C27H42O10/c1-25-8-5-14(28)11-13(25)3-4-15-16(25)6-9-26(2)17(15)7-10-27(26,35)18(29)12-36-24-21(32)19(30)20(31)22(37-24)23(33)34/h13-17,19-22,24,28,30-32,35H,3-12H2,1-2H3,(H,33,34). The lowest BCUT2D eigenvalue weighted by atomic mass is 9.44. The number of aliphatic hydroxyl groups is 5. The van der Waals surface area contributed by atoms with E-state index in [-0.39, 0.29) is 17.4 Å². The van der Waals surface area contributed by atoms with E-state index in [4.69, 9.17) is 9.47 Å². The Morgan fingerprint density at radius 2 is 1.59 bits per heavy atom. The smallest absolute Gasteiger partial charge is 0.335 e. The van der Waals surface area contributed by atoms with Crippen molar-refractivity contribution >= 4 is 11.8 Å². The molecule has 10 heteroatoms. The highest BCUT2D eigenvalue weighted by atomic mass is 16.7. The number of ketones is 1. The molecule has 0 radical (unpaired) electrons. The second kappa shape index (κ2) is 9.50. The lowest BCUT2D eigenvalue weighted by Gasteiger charge is -2.61. The van der Waals surface area contributed by atoms with Crippen molar-refractivity contribution in [3.8, 4) is 0 Å². The average molecular weight is 527 g/mol. The van der Waals surface area contributed by atoms with Gasteiger partial charge in [-0.2, -0.15) is 0 Å². The van der Waals surface area contributed by atoms with Gasteiger partial charge in [0.25, 0.3) is 0 Å². The molecule has 1 heterocycles. The number of carboxylic acids is 1. The van der Waals surface area contributed by atoms with Crippen molar-refractivity contribution in [2.24, 2.45) is 34.5 Å². The van der Waals surface area contributed by atoms with Crippen LogP contribution in [0.4, 0.5) is 0 Å². The van der Waals surface area contributed by atoms with E-state index in [1.54, 1.807) is 0 Å². The zero-order valence-corrected chi connectivity index (χ0v) is 21.7. The van der Waals surface area contributed by atoms with Crippen molar-refractivity contribution in [3.05, 3.63) is 0 Å². The molecule has 13 atom stereocenters. The molecule has 210 valence electrons. The highest BCUT2D eigenvalue weighted by Gasteiger charge is 2.66. The zero-order valence-electron chi connectivity index (χ0n) is 21.7. The number of rotatable bonds is 5. The second-order valence-corrected chi connectivity index (χ2v) is 12.9. The first kappa shape index (κ1) is 27.4. The topological polar surface area (TPSA) is 174 Å². The van der Waals surface area contributed by atoms with Crippen LogP contribution in [0.3, 0.4) is 0 Å². The molecule has 0 spiro atoms. The summed E-state index contributed by atoms with van der Waals surface area (Å²) in [6.45, 7) is 3.78. The van der Waals surface area contributed by atoms with Gasteiger partial charge in [-0.25, -0.2) is 4.79 Å². The van der Waals surface area contributed by atoms with E-state index in [0.717, 1.165) is 44.9 Å². The van der Waals surface area contributed by atoms with Crippen LogP contribution in [0.25, 0.3) is 0 Å². The van der Waals surface area contributed by atoms with Gasteiger partial charge in [0.15, 0.2) is 18.2 Å². The Kier molecular flexibility index (Phi) is 7.04. The van der Waals surface area contributed by atoms with E-state index in [0.29, 0.717) is 30.6 Å². The van der Waals surface area contributed by atoms with Crippen LogP contribution in [0.15, 0.2) is 0 Å². The molecule has 0 aromatic heterocycles. The summed E-state index contributed by atoms with van der Waals surface area (Å²) in [6.07, 6.45) is -1.58. The van der Waals surface area contributed by atoms with E-state index in [2.05, 4.69) is 6.92 Å². The molecule has 0 aromatic rings. The van der Waals surface area contributed by atoms with Crippen molar-refractivity contribution < 1.29 is 49.7 Å². The van der Waals surface area contributed by atoms with Gasteiger partial charge >= 0.3 is 5.97 Å². The summed E-state index contributed by atoms with van der Waals surface area (Å²) in [6, 6.07) is 0. The van der Waals surface area contributed by atoms with Crippen molar-refractivity contribution in [2.45, 2.75) is 114 Å². The molecule has 0 amide bonds. The number of fused-ring (bicyclic) bond motifs is 5. The van der Waals surface area contributed by atoms with Crippen LogP contribution >= 0.6 is 0 Å². The number of hydrogen-bond donors (Lipinski definition) is 6. The maximum Gasteiger partial charge on any atom is 0.335 e. The van der Waals surface area contributed by atoms with Crippen molar-refractivity contribution in [2.75, 3.05) is 6.61 Å². The van der Waals surface area contributed by atoms with Gasteiger partial charge < -0.3 is 40.1 Å². The molecule has 13 unspecified atom stereocenters. The number of aliphatic hydroxyl groups excluding tert-OH is 4. The number of ether oxygens (including phenoxy) is 2. The largest absolute Gasteiger partial charge is 0.479 e. The fourth-order valence-corrected chi connectivity index (χ4v) is 9.18. The van der Waals surface area contributed by atoms with Crippen molar-refractivity contribution in [1.29, 1.82) is 0 Å². The predicted molar refractivity (Wildman–Crippen MR) is 128 cm³/mol. The first-order chi connectivity index (χ1) is 17.3. The monoisotopic (exact) mass is 526 g/mol. The van der Waals surface area contributed by atoms with Gasteiger partial charge in [0, 0.05) is 5.41 Å². The fourth-order valence-electron chi connectivity index (χ4n) is 9.18. The lowest BCUT2D eigenvalue weighted by Crippen LogP contribution is -2.61. The first-order valence-corrected chi connectivity index (χ1v) is 13.8. The van der Waals surface area contributed by atoms with Crippen LogP contribution in [-0.2, 0) is 19.1 Å². The number of carbonyl (C=O) groups excluding carboxylic acids is 1. The van der Waals surface area contributed by atoms with Crippen LogP contribution < -0.4 is 0 Å². The predicted octanol–water partition coefficient (Wildman–Crippen LogP) is 0.599. The zero-order chi connectivity index (χ0) is 26.9. The van der Waals surface area contributed by atoms with E-state index in [9.17, 15) is 40.2 Å². The molecule has 4 aliphatic carbocycles. The lowest BCUT2D eigenvalue weighted by molar-refractivity contribution is -0.293. The quantitative estimate of drug-likeness (QED) is 0.298. The van der Waals surface area contributed by atoms with Crippen LogP contribution in [0.1, 0.15) is 71.6 Å². The number of carbonyl (C=O) groups is 2. The highest BCUT2D eigenvalue weighted by Crippen LogP contribution is 2.68. The summed E-state index contributed by atoms with van der Waals surface area (Å²) in [5.41, 5.74) is -2.07. The third-order valence-corrected chi connectivity index (χ3v) is 11.4. The molecule has 5 rings (SSSR count). The minimum Gasteiger partial charge on any atom is -0.479 e. The average Bonchev–Trinajstić information content (AvgIpc) is 3.14. The maximum absolute atomic E-state index is 13.5. The molecule has 6 N–H and O–H groups in total. The Morgan fingerprint density at radius 1 is 0.892 bits per heavy atom. The number of Topliss-reactive ketones (excluding diaryl/α,β-unsaturated/α-hetero) is 1. The third kappa shape index (κ3) is 4.10. The van der Waals surface area contributed by atoms with E-state index < -0.39 is 60.1 Å². The minimum absolute atomic E-state index is 0.178. The summed E-state index contributed by atoms with van der Waals surface area (Å²) in [5, 5.41) is 61.4. The Labute approximate surface area is 217 Å². The minimum atomic E-state index is -1.85. The summed E-state index contributed by atoms with van der Waals surface area (Å²) in [4.78, 5) is 24.8. The van der Waals surface area contributed by atoms with E-state index in [1.807, 2.05) is 6.92 Å². The molecule has 0 aromatic carbocycles. The van der Waals surface area contributed by atoms with Crippen LogP contribution in [0, 0.1) is 34.5 Å². The van der Waals surface area contributed by atoms with Gasteiger partial charge in [-0.1, -0.05) is 13.8 Å². The Morgan fingerprint density at radius 3 is 2.30 bits per heavy atom. The molecule has 5 fully saturated rings. The van der Waals surface area contributed by atoms with Gasteiger partial charge in [0.2, 0.25) is 0 Å². The van der Waals surface area contributed by atoms with Gasteiger partial charge in [0.05, 0.1) is 6.10 Å². The Hall–Kier alpha value is -1.14. The normalized spacial score (nSPS) is 53.6. The summed E-state index contributed by atoms with van der Waals surface area (Å²) in [7, 11) is 0. The van der Waals surface area contributed by atoms with Crippen LogP contribution in [0.2, 0.25) is 0 Å². The van der Waals surface area contributed by atoms with Crippen molar-refractivity contribution in [3.63, 3.8) is 0 Å². The number of hydrogen-bond acceptors (Lipinski definition) is 9. The molecule has 1 aliphatic heterocycles. The molecule has 37 heavy (non-hydrogen) atoms. The number of aliphatic carboxylic acids is 1. The van der Waals surface area contributed by atoms with E-state index in [1.165, 1.54) is 0 Å². The first-order valence-electron chi connectivity index (χ1n) is 13.8. The summed E-state index contributed by atoms with van der Waals surface area (Å²) in [5.74, 6) is -0.445. The molecule has 10 nitrogen and oxygen atoms in total. The Balaban J connectivity index is 1.28. The van der Waals surface area contributed by atoms with Gasteiger partial charge in [0.1, 0.15) is 30.5 Å². The molecular weight excluding hydrogens is 484 g/mol. The molecule has 5 aliphatic rings. The Bertz CT molecular complexity index is 912. The summed E-state index contributed by atoms with van der Waals surface area (Å²) >= 11 is 0. The van der Waals surface area contributed by atoms with Gasteiger partial charge in [-0.3, -0.25) is 4.79 Å². The molecule has 0 bridgehead atoms.